The first kappa shape index (κ1) is 13.1. The highest BCUT2D eigenvalue weighted by Crippen LogP contribution is 2.24. The number of hydrogen-bond donors (Lipinski definition) is 0. The molecule has 3 aromatic rings. The molecule has 3 rings (SSSR count). The van der Waals surface area contributed by atoms with Crippen molar-refractivity contribution in [3.05, 3.63) is 70.3 Å². The Morgan fingerprint density at radius 2 is 2.00 bits per heavy atom. The quantitative estimate of drug-likeness (QED) is 0.683. The molecule has 0 atom stereocenters. The van der Waals surface area contributed by atoms with Gasteiger partial charge in [0, 0.05) is 16.1 Å². The second-order valence-corrected chi connectivity index (χ2v) is 5.64. The maximum Gasteiger partial charge on any atom is 0.123 e. The van der Waals surface area contributed by atoms with Gasteiger partial charge in [0.15, 0.2) is 0 Å². The Morgan fingerprint density at radius 1 is 1.10 bits per heavy atom. The lowest BCUT2D eigenvalue weighted by molar-refractivity contribution is 0.304. The van der Waals surface area contributed by atoms with Gasteiger partial charge in [-0.25, -0.2) is 0 Å². The van der Waals surface area contributed by atoms with E-state index in [-0.39, 0.29) is 0 Å². The average molecular weight is 328 g/mol. The van der Waals surface area contributed by atoms with Gasteiger partial charge < -0.3 is 4.74 Å². The second kappa shape index (κ2) is 5.63. The number of halogens is 1. The number of hydrogen-bond acceptors (Lipinski definition) is 2. The minimum Gasteiger partial charge on any atom is -0.489 e. The SMILES string of the molecule is Cc1ccc(Br)cc1OCc1ccc2ncccc2c1. The highest BCUT2D eigenvalue weighted by Gasteiger charge is 2.02. The molecule has 0 saturated carbocycles. The molecule has 0 fully saturated rings. The van der Waals surface area contributed by atoms with Crippen LogP contribution in [0.2, 0.25) is 0 Å². The van der Waals surface area contributed by atoms with Crippen LogP contribution in [0, 0.1) is 6.92 Å². The summed E-state index contributed by atoms with van der Waals surface area (Å²) in [6.45, 7) is 2.61. The summed E-state index contributed by atoms with van der Waals surface area (Å²) in [6.07, 6.45) is 1.81. The van der Waals surface area contributed by atoms with Crippen LogP contribution >= 0.6 is 15.9 Å². The van der Waals surface area contributed by atoms with Gasteiger partial charge in [-0.3, -0.25) is 4.98 Å². The van der Waals surface area contributed by atoms with Gasteiger partial charge in [0.25, 0.3) is 0 Å². The molecule has 0 aliphatic heterocycles. The van der Waals surface area contributed by atoms with Crippen molar-refractivity contribution in [3.63, 3.8) is 0 Å². The monoisotopic (exact) mass is 327 g/mol. The fraction of sp³-hybridized carbons (Fsp3) is 0.118. The molecule has 0 N–H and O–H groups in total. The van der Waals surface area contributed by atoms with E-state index in [1.165, 1.54) is 0 Å². The standard InChI is InChI=1S/C17H14BrNO/c1-12-4-6-15(18)10-17(12)20-11-13-5-7-16-14(9-13)3-2-8-19-16/h2-10H,11H2,1H3. The smallest absolute Gasteiger partial charge is 0.123 e. The molecule has 1 aromatic heterocycles. The number of aromatic nitrogens is 1. The summed E-state index contributed by atoms with van der Waals surface area (Å²) in [5.74, 6) is 0.908. The summed E-state index contributed by atoms with van der Waals surface area (Å²) in [5, 5.41) is 1.14. The fourth-order valence-corrected chi connectivity index (χ4v) is 2.45. The Morgan fingerprint density at radius 3 is 2.90 bits per heavy atom. The van der Waals surface area contributed by atoms with Crippen molar-refractivity contribution in [3.8, 4) is 5.75 Å². The zero-order chi connectivity index (χ0) is 13.9. The van der Waals surface area contributed by atoms with E-state index >= 15 is 0 Å². The first-order valence-corrected chi connectivity index (χ1v) is 7.24. The zero-order valence-corrected chi connectivity index (χ0v) is 12.7. The van der Waals surface area contributed by atoms with E-state index in [2.05, 4.69) is 39.1 Å². The lowest BCUT2D eigenvalue weighted by Gasteiger charge is -2.10. The van der Waals surface area contributed by atoms with E-state index in [1.807, 2.05) is 43.5 Å². The number of pyridine rings is 1. The van der Waals surface area contributed by atoms with Crippen molar-refractivity contribution in [2.75, 3.05) is 0 Å². The van der Waals surface area contributed by atoms with Gasteiger partial charge >= 0.3 is 0 Å². The zero-order valence-electron chi connectivity index (χ0n) is 11.1. The molecular weight excluding hydrogens is 314 g/mol. The third-order valence-corrected chi connectivity index (χ3v) is 3.71. The molecule has 0 bridgehead atoms. The molecule has 2 nitrogen and oxygen atoms in total. The summed E-state index contributed by atoms with van der Waals surface area (Å²) in [5.41, 5.74) is 3.29. The Kier molecular flexibility index (Phi) is 3.70. The van der Waals surface area contributed by atoms with Crippen LogP contribution in [0.1, 0.15) is 11.1 Å². The van der Waals surface area contributed by atoms with Crippen LogP contribution in [-0.4, -0.2) is 4.98 Å². The molecule has 0 saturated heterocycles. The molecule has 0 aliphatic rings. The van der Waals surface area contributed by atoms with Gasteiger partial charge in [0.05, 0.1) is 5.52 Å². The van der Waals surface area contributed by atoms with Gasteiger partial charge in [-0.05, 0) is 48.4 Å². The number of benzene rings is 2. The Bertz CT molecular complexity index is 755. The number of aryl methyl sites for hydroxylation is 1. The summed E-state index contributed by atoms with van der Waals surface area (Å²) >= 11 is 3.47. The topological polar surface area (TPSA) is 22.1 Å². The van der Waals surface area contributed by atoms with E-state index < -0.39 is 0 Å². The van der Waals surface area contributed by atoms with Crippen LogP contribution in [-0.2, 0) is 6.61 Å². The first-order valence-electron chi connectivity index (χ1n) is 6.45. The third kappa shape index (κ3) is 2.83. The van der Waals surface area contributed by atoms with Crippen molar-refractivity contribution in [1.82, 2.24) is 4.98 Å². The maximum atomic E-state index is 5.90. The summed E-state index contributed by atoms with van der Waals surface area (Å²) in [4.78, 5) is 4.32. The molecule has 0 radical (unpaired) electrons. The Hall–Kier alpha value is -1.87. The predicted octanol–water partition coefficient (Wildman–Crippen LogP) is 4.88. The number of ether oxygens (including phenoxy) is 1. The largest absolute Gasteiger partial charge is 0.489 e. The van der Waals surface area contributed by atoms with Gasteiger partial charge in [0.1, 0.15) is 12.4 Å². The van der Waals surface area contributed by atoms with Crippen molar-refractivity contribution < 1.29 is 4.74 Å². The van der Waals surface area contributed by atoms with E-state index in [1.54, 1.807) is 0 Å². The van der Waals surface area contributed by atoms with Crippen LogP contribution in [0.15, 0.2) is 59.2 Å². The number of nitrogens with zero attached hydrogens (tertiary/aromatic N) is 1. The normalized spacial score (nSPS) is 10.7. The minimum absolute atomic E-state index is 0.558. The maximum absolute atomic E-state index is 5.90. The van der Waals surface area contributed by atoms with E-state index in [9.17, 15) is 0 Å². The molecule has 1 heterocycles. The molecule has 0 unspecified atom stereocenters. The van der Waals surface area contributed by atoms with Crippen LogP contribution in [0.4, 0.5) is 0 Å². The summed E-state index contributed by atoms with van der Waals surface area (Å²) < 4.78 is 6.93. The number of rotatable bonds is 3. The lowest BCUT2D eigenvalue weighted by atomic mass is 10.1. The second-order valence-electron chi connectivity index (χ2n) is 4.73. The van der Waals surface area contributed by atoms with Crippen LogP contribution in [0.25, 0.3) is 10.9 Å². The summed E-state index contributed by atoms with van der Waals surface area (Å²) in [6, 6.07) is 16.3. The highest BCUT2D eigenvalue weighted by molar-refractivity contribution is 9.10. The molecule has 0 amide bonds. The molecule has 3 heteroatoms. The van der Waals surface area contributed by atoms with E-state index in [0.29, 0.717) is 6.61 Å². The molecule has 0 aliphatic carbocycles. The van der Waals surface area contributed by atoms with Gasteiger partial charge in [-0.2, -0.15) is 0 Å². The summed E-state index contributed by atoms with van der Waals surface area (Å²) in [7, 11) is 0. The fourth-order valence-electron chi connectivity index (χ4n) is 2.11. The van der Waals surface area contributed by atoms with Crippen LogP contribution in [0.3, 0.4) is 0 Å². The third-order valence-electron chi connectivity index (χ3n) is 3.21. The molecule has 100 valence electrons. The molecule has 0 spiro atoms. The Balaban J connectivity index is 1.81. The van der Waals surface area contributed by atoms with Gasteiger partial charge in [-0.15, -0.1) is 0 Å². The average Bonchev–Trinajstić information content (AvgIpc) is 2.48. The molecular formula is C17H14BrNO. The van der Waals surface area contributed by atoms with Crippen LogP contribution in [0.5, 0.6) is 5.75 Å². The highest BCUT2D eigenvalue weighted by atomic mass is 79.9. The van der Waals surface area contributed by atoms with E-state index in [0.717, 1.165) is 32.3 Å². The van der Waals surface area contributed by atoms with Gasteiger partial charge in [0.2, 0.25) is 0 Å². The van der Waals surface area contributed by atoms with Crippen molar-refractivity contribution >= 4 is 26.8 Å². The van der Waals surface area contributed by atoms with Crippen molar-refractivity contribution in [1.29, 1.82) is 0 Å². The minimum atomic E-state index is 0.558. The van der Waals surface area contributed by atoms with Gasteiger partial charge in [-0.1, -0.05) is 34.1 Å². The lowest BCUT2D eigenvalue weighted by Crippen LogP contribution is -1.97. The first-order chi connectivity index (χ1) is 9.72. The van der Waals surface area contributed by atoms with Crippen molar-refractivity contribution in [2.24, 2.45) is 0 Å². The predicted molar refractivity (Wildman–Crippen MR) is 85.0 cm³/mol. The molecule has 20 heavy (non-hydrogen) atoms. The van der Waals surface area contributed by atoms with Crippen molar-refractivity contribution in [2.45, 2.75) is 13.5 Å². The molecule has 2 aromatic carbocycles. The number of fused-ring (bicyclic) bond motifs is 1. The van der Waals surface area contributed by atoms with Crippen LogP contribution < -0.4 is 4.74 Å². The Labute approximate surface area is 126 Å². The van der Waals surface area contributed by atoms with E-state index in [4.69, 9.17) is 4.74 Å².